The van der Waals surface area contributed by atoms with Crippen molar-refractivity contribution in [2.45, 2.75) is 18.2 Å². The lowest BCUT2D eigenvalue weighted by Gasteiger charge is -2.11. The van der Waals surface area contributed by atoms with E-state index < -0.39 is 16.0 Å². The van der Waals surface area contributed by atoms with Crippen LogP contribution in [0.1, 0.15) is 22.8 Å². The number of hydrogen-bond acceptors (Lipinski definition) is 4. The van der Waals surface area contributed by atoms with Gasteiger partial charge in [0.25, 0.3) is 10.0 Å². The SMILES string of the molecule is CCc1ccc(NS(=O)(=O)c2cc(C(=O)OC)ccc2Cl)cc1. The van der Waals surface area contributed by atoms with E-state index in [2.05, 4.69) is 9.46 Å². The second kappa shape index (κ2) is 7.02. The first-order chi connectivity index (χ1) is 10.9. The van der Waals surface area contributed by atoms with E-state index in [9.17, 15) is 13.2 Å². The molecule has 0 bridgehead atoms. The summed E-state index contributed by atoms with van der Waals surface area (Å²) in [5, 5.41) is 0.0235. The van der Waals surface area contributed by atoms with Crippen molar-refractivity contribution in [2.24, 2.45) is 0 Å². The van der Waals surface area contributed by atoms with E-state index in [-0.39, 0.29) is 15.5 Å². The predicted molar refractivity (Wildman–Crippen MR) is 89.4 cm³/mol. The molecule has 0 aliphatic carbocycles. The van der Waals surface area contributed by atoms with E-state index in [0.717, 1.165) is 12.0 Å². The molecule has 0 saturated heterocycles. The molecule has 2 aromatic carbocycles. The highest BCUT2D eigenvalue weighted by atomic mass is 35.5. The van der Waals surface area contributed by atoms with E-state index in [1.165, 1.54) is 25.3 Å². The topological polar surface area (TPSA) is 72.5 Å². The predicted octanol–water partition coefficient (Wildman–Crippen LogP) is 3.49. The minimum Gasteiger partial charge on any atom is -0.465 e. The highest BCUT2D eigenvalue weighted by Gasteiger charge is 2.20. The van der Waals surface area contributed by atoms with Gasteiger partial charge in [0.05, 0.1) is 17.7 Å². The van der Waals surface area contributed by atoms with E-state index in [1.54, 1.807) is 12.1 Å². The molecule has 2 rings (SSSR count). The van der Waals surface area contributed by atoms with Gasteiger partial charge in [0.1, 0.15) is 4.90 Å². The lowest BCUT2D eigenvalue weighted by molar-refractivity contribution is 0.0600. The molecule has 0 heterocycles. The number of sulfonamides is 1. The Morgan fingerprint density at radius 2 is 1.83 bits per heavy atom. The summed E-state index contributed by atoms with van der Waals surface area (Å²) in [7, 11) is -2.70. The van der Waals surface area contributed by atoms with Crippen LogP contribution in [0.5, 0.6) is 0 Å². The number of methoxy groups -OCH3 is 1. The normalized spacial score (nSPS) is 11.1. The van der Waals surface area contributed by atoms with Gasteiger partial charge in [-0.1, -0.05) is 30.7 Å². The van der Waals surface area contributed by atoms with Gasteiger partial charge in [-0.05, 0) is 42.3 Å². The number of aryl methyl sites for hydroxylation is 1. The van der Waals surface area contributed by atoms with E-state index in [4.69, 9.17) is 11.6 Å². The number of esters is 1. The molecular formula is C16H16ClNO4S. The Labute approximate surface area is 140 Å². The third-order valence-electron chi connectivity index (χ3n) is 3.26. The maximum atomic E-state index is 12.5. The number of rotatable bonds is 5. The Balaban J connectivity index is 2.36. The average molecular weight is 354 g/mol. The minimum absolute atomic E-state index is 0.0235. The van der Waals surface area contributed by atoms with Crippen LogP contribution >= 0.6 is 11.6 Å². The monoisotopic (exact) mass is 353 g/mol. The van der Waals surface area contributed by atoms with Crippen molar-refractivity contribution in [3.8, 4) is 0 Å². The molecule has 0 radical (unpaired) electrons. The number of benzene rings is 2. The summed E-state index contributed by atoms with van der Waals surface area (Å²) in [5.74, 6) is -0.634. The van der Waals surface area contributed by atoms with Crippen molar-refractivity contribution in [2.75, 3.05) is 11.8 Å². The number of halogens is 1. The molecule has 7 heteroatoms. The van der Waals surface area contributed by atoms with Gasteiger partial charge in [0, 0.05) is 5.69 Å². The van der Waals surface area contributed by atoms with Gasteiger partial charge in [-0.15, -0.1) is 0 Å². The molecule has 0 aliphatic rings. The molecule has 0 amide bonds. The van der Waals surface area contributed by atoms with Gasteiger partial charge in [0.2, 0.25) is 0 Å². The van der Waals surface area contributed by atoms with Gasteiger partial charge in [0.15, 0.2) is 0 Å². The standard InChI is InChI=1S/C16H16ClNO4S/c1-3-11-4-7-13(8-5-11)18-23(20,21)15-10-12(16(19)22-2)6-9-14(15)17/h4-10,18H,3H2,1-2H3. The van der Waals surface area contributed by atoms with Crippen molar-refractivity contribution in [1.29, 1.82) is 0 Å². The van der Waals surface area contributed by atoms with Crippen LogP contribution in [-0.2, 0) is 21.2 Å². The van der Waals surface area contributed by atoms with Crippen molar-refractivity contribution < 1.29 is 17.9 Å². The Morgan fingerprint density at radius 1 is 1.17 bits per heavy atom. The smallest absolute Gasteiger partial charge is 0.337 e. The molecule has 0 atom stereocenters. The van der Waals surface area contributed by atoms with Crippen molar-refractivity contribution in [1.82, 2.24) is 0 Å². The lowest BCUT2D eigenvalue weighted by Crippen LogP contribution is -2.14. The Bertz CT molecular complexity index is 816. The number of anilines is 1. The molecular weight excluding hydrogens is 338 g/mol. The number of carbonyl (C=O) groups is 1. The molecule has 0 unspecified atom stereocenters. The van der Waals surface area contributed by atoms with Crippen LogP contribution in [0.4, 0.5) is 5.69 Å². The minimum atomic E-state index is -3.92. The van der Waals surface area contributed by atoms with E-state index in [0.29, 0.717) is 5.69 Å². The molecule has 122 valence electrons. The van der Waals surface area contributed by atoms with Crippen LogP contribution in [0.25, 0.3) is 0 Å². The summed E-state index contributed by atoms with van der Waals surface area (Å²) < 4.78 is 32.0. The van der Waals surface area contributed by atoms with Crippen molar-refractivity contribution >= 4 is 33.3 Å². The van der Waals surface area contributed by atoms with Gasteiger partial charge in [-0.25, -0.2) is 13.2 Å². The summed E-state index contributed by atoms with van der Waals surface area (Å²) >= 11 is 5.97. The first-order valence-corrected chi connectivity index (χ1v) is 8.73. The van der Waals surface area contributed by atoms with Crippen LogP contribution in [0.15, 0.2) is 47.4 Å². The summed E-state index contributed by atoms with van der Waals surface area (Å²) in [6.45, 7) is 2.01. The molecule has 0 saturated carbocycles. The second-order valence-electron chi connectivity index (χ2n) is 4.79. The molecule has 1 N–H and O–H groups in total. The molecule has 0 aliphatic heterocycles. The van der Waals surface area contributed by atoms with Crippen molar-refractivity contribution in [3.63, 3.8) is 0 Å². The highest BCUT2D eigenvalue weighted by Crippen LogP contribution is 2.25. The molecule has 0 aromatic heterocycles. The van der Waals surface area contributed by atoms with Gasteiger partial charge in [-0.3, -0.25) is 4.72 Å². The zero-order valence-electron chi connectivity index (χ0n) is 12.7. The number of hydrogen-bond donors (Lipinski definition) is 1. The zero-order chi connectivity index (χ0) is 17.0. The van der Waals surface area contributed by atoms with Crippen LogP contribution in [-0.4, -0.2) is 21.5 Å². The van der Waals surface area contributed by atoms with Crippen LogP contribution in [0, 0.1) is 0 Å². The first-order valence-electron chi connectivity index (χ1n) is 6.87. The molecule has 0 spiro atoms. The van der Waals surface area contributed by atoms with E-state index >= 15 is 0 Å². The fourth-order valence-electron chi connectivity index (χ4n) is 1.97. The highest BCUT2D eigenvalue weighted by molar-refractivity contribution is 7.92. The fraction of sp³-hybridized carbons (Fsp3) is 0.188. The van der Waals surface area contributed by atoms with Gasteiger partial charge < -0.3 is 4.74 Å². The third-order valence-corrected chi connectivity index (χ3v) is 5.12. The maximum absolute atomic E-state index is 12.5. The molecule has 5 nitrogen and oxygen atoms in total. The molecule has 0 fully saturated rings. The first kappa shape index (κ1) is 17.3. The van der Waals surface area contributed by atoms with Crippen molar-refractivity contribution in [3.05, 3.63) is 58.6 Å². The third kappa shape index (κ3) is 4.03. The lowest BCUT2D eigenvalue weighted by atomic mass is 10.2. The second-order valence-corrected chi connectivity index (χ2v) is 6.85. The summed E-state index contributed by atoms with van der Waals surface area (Å²) in [5.41, 5.74) is 1.62. The number of carbonyl (C=O) groups excluding carboxylic acids is 1. The van der Waals surface area contributed by atoms with Gasteiger partial charge >= 0.3 is 5.97 Å². The van der Waals surface area contributed by atoms with Gasteiger partial charge in [-0.2, -0.15) is 0 Å². The largest absolute Gasteiger partial charge is 0.465 e. The summed E-state index contributed by atoms with van der Waals surface area (Å²) in [6.07, 6.45) is 0.861. The maximum Gasteiger partial charge on any atom is 0.337 e. The number of nitrogens with one attached hydrogen (secondary N) is 1. The molecule has 2 aromatic rings. The quantitative estimate of drug-likeness (QED) is 0.835. The zero-order valence-corrected chi connectivity index (χ0v) is 14.2. The molecule has 23 heavy (non-hydrogen) atoms. The Hall–Kier alpha value is -2.05. The van der Waals surface area contributed by atoms with E-state index in [1.807, 2.05) is 19.1 Å². The average Bonchev–Trinajstić information content (AvgIpc) is 2.54. The van der Waals surface area contributed by atoms with Crippen LogP contribution in [0.3, 0.4) is 0 Å². The van der Waals surface area contributed by atoms with Crippen LogP contribution < -0.4 is 4.72 Å². The fourth-order valence-corrected chi connectivity index (χ4v) is 3.56. The Morgan fingerprint density at radius 3 is 2.39 bits per heavy atom. The summed E-state index contributed by atoms with van der Waals surface area (Å²) in [6, 6.07) is 11.0. The summed E-state index contributed by atoms with van der Waals surface area (Å²) in [4.78, 5) is 11.4. The Kier molecular flexibility index (Phi) is 5.28. The number of ether oxygens (including phenoxy) is 1. The van der Waals surface area contributed by atoms with Crippen LogP contribution in [0.2, 0.25) is 5.02 Å².